The number of aromatic hydroxyl groups is 4. The molecule has 3 aliphatic carbocycles. The van der Waals surface area contributed by atoms with Gasteiger partial charge in [-0.15, -0.1) is 0 Å². The zero-order valence-electron chi connectivity index (χ0n) is 34.4. The van der Waals surface area contributed by atoms with Crippen molar-refractivity contribution in [1.29, 1.82) is 0 Å². The predicted octanol–water partition coefficient (Wildman–Crippen LogP) is 13.8. The van der Waals surface area contributed by atoms with Gasteiger partial charge in [0.05, 0.1) is 11.0 Å². The van der Waals surface area contributed by atoms with E-state index in [9.17, 15) is 20.4 Å². The third-order valence-electron chi connectivity index (χ3n) is 14.1. The van der Waals surface area contributed by atoms with Crippen LogP contribution in [0.1, 0.15) is 52.8 Å². The molecule has 3 aliphatic rings. The van der Waals surface area contributed by atoms with Crippen molar-refractivity contribution in [2.24, 2.45) is 0 Å². The van der Waals surface area contributed by atoms with Crippen LogP contribution in [0.5, 0.6) is 23.0 Å². The molecule has 0 heterocycles. The van der Waals surface area contributed by atoms with E-state index in [1.54, 1.807) is 0 Å². The molecule has 1 atom stereocenters. The lowest BCUT2D eigenvalue weighted by Crippen LogP contribution is -2.26. The van der Waals surface area contributed by atoms with Crippen molar-refractivity contribution < 1.29 is 20.4 Å². The molecule has 4 N–H and O–H groups in total. The summed E-state index contributed by atoms with van der Waals surface area (Å²) in [6, 6.07) is 61.1. The number of rotatable bonds is 4. The number of hydrogen-bond acceptors (Lipinski definition) is 5. The van der Waals surface area contributed by atoms with Crippen LogP contribution in [0.25, 0.3) is 55.3 Å². The number of hydrogen-bond donors (Lipinski definition) is 4. The van der Waals surface area contributed by atoms with Crippen LogP contribution in [0, 0.1) is 6.92 Å². The number of fused-ring (bicyclic) bond motifs is 15. The van der Waals surface area contributed by atoms with Crippen LogP contribution in [0.4, 0.5) is 17.1 Å². The van der Waals surface area contributed by atoms with Gasteiger partial charge in [-0.05, 0) is 126 Å². The van der Waals surface area contributed by atoms with Gasteiger partial charge in [0, 0.05) is 28.0 Å². The third-order valence-corrected chi connectivity index (χ3v) is 14.1. The zero-order valence-corrected chi connectivity index (χ0v) is 34.4. The van der Waals surface area contributed by atoms with Crippen LogP contribution in [0.15, 0.2) is 170 Å². The van der Waals surface area contributed by atoms with Crippen molar-refractivity contribution in [2.45, 2.75) is 31.6 Å². The minimum atomic E-state index is -0.668. The molecule has 0 radical (unpaired) electrons. The molecule has 9 aromatic carbocycles. The average molecular weight is 804 g/mol. The summed E-state index contributed by atoms with van der Waals surface area (Å²) in [5.74, 6) is -2.09. The van der Waals surface area contributed by atoms with E-state index in [0.29, 0.717) is 5.56 Å². The van der Waals surface area contributed by atoms with Crippen LogP contribution in [-0.2, 0) is 10.8 Å². The van der Waals surface area contributed by atoms with Gasteiger partial charge in [-0.2, -0.15) is 0 Å². The smallest absolute Gasteiger partial charge is 0.201 e. The van der Waals surface area contributed by atoms with Crippen molar-refractivity contribution in [3.05, 3.63) is 209 Å². The molecular weight excluding hydrogens is 763 g/mol. The fraction of sp³-hybridized carbons (Fsp3) is 0.0877. The number of phenolic OH excluding ortho intramolecular Hbond substituents is 4. The van der Waals surface area contributed by atoms with Gasteiger partial charge in [0.1, 0.15) is 5.75 Å². The van der Waals surface area contributed by atoms with E-state index in [1.807, 2.05) is 24.3 Å². The average Bonchev–Trinajstić information content (AvgIpc) is 3.86. The van der Waals surface area contributed by atoms with Gasteiger partial charge < -0.3 is 25.3 Å². The lowest BCUT2D eigenvalue weighted by Gasteiger charge is -2.32. The first-order valence-corrected chi connectivity index (χ1v) is 21.1. The number of nitrogens with zero attached hydrogens (tertiary/aromatic N) is 1. The first-order chi connectivity index (χ1) is 30.1. The van der Waals surface area contributed by atoms with E-state index in [1.165, 1.54) is 84.5 Å². The second-order valence-corrected chi connectivity index (χ2v) is 17.5. The summed E-state index contributed by atoms with van der Waals surface area (Å²) in [5.41, 5.74) is 17.7. The number of anilines is 3. The van der Waals surface area contributed by atoms with E-state index in [-0.39, 0.29) is 22.3 Å². The Bertz CT molecular complexity index is 3370. The Balaban J connectivity index is 1.10. The van der Waals surface area contributed by atoms with Crippen LogP contribution in [0.2, 0.25) is 0 Å². The van der Waals surface area contributed by atoms with E-state index >= 15 is 0 Å². The van der Waals surface area contributed by atoms with E-state index < -0.39 is 22.7 Å². The van der Waals surface area contributed by atoms with Gasteiger partial charge >= 0.3 is 0 Å². The summed E-state index contributed by atoms with van der Waals surface area (Å²) in [6.45, 7) is 6.09. The molecule has 1 spiro atoms. The Morgan fingerprint density at radius 2 is 0.919 bits per heavy atom. The summed E-state index contributed by atoms with van der Waals surface area (Å²) in [5, 5.41) is 45.4. The van der Waals surface area contributed by atoms with E-state index in [2.05, 4.69) is 164 Å². The first-order valence-electron chi connectivity index (χ1n) is 21.1. The molecule has 298 valence electrons. The third kappa shape index (κ3) is 4.57. The normalized spacial score (nSPS) is 15.8. The highest BCUT2D eigenvalue weighted by atomic mass is 16.3. The highest BCUT2D eigenvalue weighted by Gasteiger charge is 2.52. The molecule has 62 heavy (non-hydrogen) atoms. The molecule has 12 rings (SSSR count). The molecule has 0 bridgehead atoms. The van der Waals surface area contributed by atoms with Crippen molar-refractivity contribution in [1.82, 2.24) is 0 Å². The fourth-order valence-electron chi connectivity index (χ4n) is 11.2. The van der Waals surface area contributed by atoms with Crippen molar-refractivity contribution in [2.75, 3.05) is 4.90 Å². The van der Waals surface area contributed by atoms with Crippen molar-refractivity contribution in [3.8, 4) is 67.5 Å². The molecule has 0 aliphatic heterocycles. The molecule has 5 nitrogen and oxygen atoms in total. The molecular formula is C57H41NO4. The summed E-state index contributed by atoms with van der Waals surface area (Å²) >= 11 is 0. The van der Waals surface area contributed by atoms with E-state index in [4.69, 9.17) is 0 Å². The largest absolute Gasteiger partial charge is 0.507 e. The lowest BCUT2D eigenvalue weighted by atomic mass is 9.70. The Labute approximate surface area is 359 Å². The molecule has 5 heteroatoms. The predicted molar refractivity (Wildman–Crippen MR) is 249 cm³/mol. The SMILES string of the molecule is Cc1c(O)c(O)c(O)c(-c2ccc(N(c3ccc4c(c3)C(C)(C)c3ccccc3-4)c3ccc4c(c3)C3(c5ccccc5-4)c4ccccc4-c4c3ccc3ccccc43)cc2)c1O. The van der Waals surface area contributed by atoms with Crippen LogP contribution in [-0.4, -0.2) is 20.4 Å². The highest BCUT2D eigenvalue weighted by Crippen LogP contribution is 2.64. The number of phenols is 4. The standard InChI is InChI=1S/C57H41NO4/c1-32-52(59)50(54(61)55(62)53(32)60)34-20-23-35(24-21-34)58(36-25-27-41-39-14-6-9-17-44(39)56(2,3)48(41)30-36)37-26-28-42-40-15-7-10-18-45(40)57(49(42)31-37)46-19-11-8-16-43(46)51-38-13-5-4-12-33(38)22-29-47(51)57/h4-31,59-62H,1-3H3. The van der Waals surface area contributed by atoms with Gasteiger partial charge in [0.15, 0.2) is 11.5 Å². The van der Waals surface area contributed by atoms with Crippen molar-refractivity contribution in [3.63, 3.8) is 0 Å². The lowest BCUT2D eigenvalue weighted by molar-refractivity contribution is 0.360. The highest BCUT2D eigenvalue weighted by molar-refractivity contribution is 6.06. The Morgan fingerprint density at radius 3 is 1.63 bits per heavy atom. The zero-order chi connectivity index (χ0) is 42.2. The molecule has 0 fully saturated rings. The maximum Gasteiger partial charge on any atom is 0.201 e. The molecule has 1 unspecified atom stereocenters. The summed E-state index contributed by atoms with van der Waals surface area (Å²) in [4.78, 5) is 2.29. The van der Waals surface area contributed by atoms with Gasteiger partial charge in [-0.25, -0.2) is 0 Å². The minimum Gasteiger partial charge on any atom is -0.507 e. The summed E-state index contributed by atoms with van der Waals surface area (Å²) < 4.78 is 0. The molecule has 0 saturated heterocycles. The van der Waals surface area contributed by atoms with Gasteiger partial charge in [-0.1, -0.05) is 147 Å². The van der Waals surface area contributed by atoms with Crippen LogP contribution >= 0.6 is 0 Å². The monoisotopic (exact) mass is 803 g/mol. The van der Waals surface area contributed by atoms with E-state index in [0.717, 1.165) is 17.1 Å². The van der Waals surface area contributed by atoms with Gasteiger partial charge in [-0.3, -0.25) is 0 Å². The molecule has 9 aromatic rings. The van der Waals surface area contributed by atoms with Crippen molar-refractivity contribution >= 4 is 27.8 Å². The molecule has 0 amide bonds. The molecule has 0 saturated carbocycles. The Morgan fingerprint density at radius 1 is 0.387 bits per heavy atom. The first kappa shape index (κ1) is 36.1. The number of benzene rings is 9. The minimum absolute atomic E-state index is 0.0521. The van der Waals surface area contributed by atoms with Crippen LogP contribution in [0.3, 0.4) is 0 Å². The molecule has 0 aromatic heterocycles. The maximum absolute atomic E-state index is 11.1. The summed E-state index contributed by atoms with van der Waals surface area (Å²) in [7, 11) is 0. The Kier molecular flexibility index (Phi) is 7.36. The fourth-order valence-corrected chi connectivity index (χ4v) is 11.2. The maximum atomic E-state index is 11.1. The summed E-state index contributed by atoms with van der Waals surface area (Å²) in [6.07, 6.45) is 0. The topological polar surface area (TPSA) is 84.2 Å². The van der Waals surface area contributed by atoms with Crippen LogP contribution < -0.4 is 4.90 Å². The second-order valence-electron chi connectivity index (χ2n) is 17.5. The van der Waals surface area contributed by atoms with Gasteiger partial charge in [0.2, 0.25) is 5.75 Å². The quantitative estimate of drug-likeness (QED) is 0.105. The Hall–Kier alpha value is -7.76. The second kappa shape index (κ2) is 12.6. The van der Waals surface area contributed by atoms with Gasteiger partial charge in [0.25, 0.3) is 0 Å².